The van der Waals surface area contributed by atoms with Gasteiger partial charge in [0.1, 0.15) is 11.7 Å². The second kappa shape index (κ2) is 5.61. The van der Waals surface area contributed by atoms with Crippen LogP contribution in [0, 0.1) is 0 Å². The molecule has 2 aliphatic rings. The molecule has 2 aliphatic heterocycles. The molecule has 4 atom stereocenters. The molecule has 2 heterocycles. The van der Waals surface area contributed by atoms with E-state index in [1.54, 1.807) is 20.8 Å². The molecule has 0 aromatic carbocycles. The molecular formula is C15H20O6. The monoisotopic (exact) mass is 296 g/mol. The van der Waals surface area contributed by atoms with Crippen LogP contribution in [0.3, 0.4) is 0 Å². The van der Waals surface area contributed by atoms with Gasteiger partial charge in [-0.05, 0) is 20.8 Å². The maximum atomic E-state index is 11.6. The van der Waals surface area contributed by atoms with E-state index in [2.05, 4.69) is 13.2 Å². The minimum Gasteiger partial charge on any atom is -0.454 e. The van der Waals surface area contributed by atoms with Crippen LogP contribution >= 0.6 is 0 Å². The minimum absolute atomic E-state index is 0.196. The van der Waals surface area contributed by atoms with E-state index in [0.717, 1.165) is 0 Å². The normalized spacial score (nSPS) is 34.1. The Morgan fingerprint density at radius 3 is 2.24 bits per heavy atom. The van der Waals surface area contributed by atoms with Crippen molar-refractivity contribution in [1.29, 1.82) is 0 Å². The van der Waals surface area contributed by atoms with Crippen LogP contribution in [0.25, 0.3) is 0 Å². The van der Waals surface area contributed by atoms with E-state index < -0.39 is 35.9 Å². The van der Waals surface area contributed by atoms with Crippen molar-refractivity contribution in [3.05, 3.63) is 24.3 Å². The molecule has 0 radical (unpaired) electrons. The quantitative estimate of drug-likeness (QED) is 0.572. The first-order valence-electron chi connectivity index (χ1n) is 6.74. The maximum Gasteiger partial charge on any atom is 0.333 e. The van der Waals surface area contributed by atoms with Crippen LogP contribution in [0.1, 0.15) is 20.8 Å². The van der Waals surface area contributed by atoms with Gasteiger partial charge in [-0.25, -0.2) is 9.59 Å². The summed E-state index contributed by atoms with van der Waals surface area (Å²) >= 11 is 0. The SMILES string of the molecule is C=C(C)C(=O)O[C@H]1CO[C@@]2(C)[C@@H]1OC[C@H]2OC(=O)C(=C)C. The largest absolute Gasteiger partial charge is 0.454 e. The summed E-state index contributed by atoms with van der Waals surface area (Å²) in [6.07, 6.45) is -1.56. The van der Waals surface area contributed by atoms with E-state index >= 15 is 0 Å². The molecule has 0 unspecified atom stereocenters. The molecule has 0 amide bonds. The summed E-state index contributed by atoms with van der Waals surface area (Å²) in [6, 6.07) is 0. The molecule has 6 nitrogen and oxygen atoms in total. The van der Waals surface area contributed by atoms with Gasteiger partial charge >= 0.3 is 11.9 Å². The highest BCUT2D eigenvalue weighted by Gasteiger charge is 2.60. The van der Waals surface area contributed by atoms with Crippen molar-refractivity contribution in [2.75, 3.05) is 13.2 Å². The standard InChI is InChI=1S/C15H20O6/c1-8(2)13(16)20-10-6-19-15(5)11(7-18-12(10)15)21-14(17)9(3)4/h10-12H,1,3,6-7H2,2,4-5H3/t10-,11+,12+,15+/m0/s1. The summed E-state index contributed by atoms with van der Waals surface area (Å²) in [7, 11) is 0. The second-order valence-electron chi connectivity index (χ2n) is 5.65. The average molecular weight is 296 g/mol. The maximum absolute atomic E-state index is 11.6. The first-order chi connectivity index (χ1) is 9.75. The van der Waals surface area contributed by atoms with Gasteiger partial charge in [-0.2, -0.15) is 0 Å². The van der Waals surface area contributed by atoms with Gasteiger partial charge in [0.05, 0.1) is 13.2 Å². The lowest BCUT2D eigenvalue weighted by molar-refractivity contribution is -0.155. The van der Waals surface area contributed by atoms with Gasteiger partial charge in [-0.15, -0.1) is 0 Å². The second-order valence-corrected chi connectivity index (χ2v) is 5.65. The van der Waals surface area contributed by atoms with Gasteiger partial charge < -0.3 is 18.9 Å². The smallest absolute Gasteiger partial charge is 0.333 e. The molecule has 0 saturated carbocycles. The molecule has 6 heteroatoms. The van der Waals surface area contributed by atoms with Gasteiger partial charge in [-0.1, -0.05) is 13.2 Å². The Morgan fingerprint density at radius 2 is 1.67 bits per heavy atom. The number of esters is 2. The number of carbonyl (C=O) groups is 2. The lowest BCUT2D eigenvalue weighted by Gasteiger charge is -2.28. The highest BCUT2D eigenvalue weighted by molar-refractivity contribution is 5.87. The van der Waals surface area contributed by atoms with Crippen molar-refractivity contribution >= 4 is 11.9 Å². The van der Waals surface area contributed by atoms with Crippen molar-refractivity contribution in [1.82, 2.24) is 0 Å². The molecule has 0 N–H and O–H groups in total. The summed E-state index contributed by atoms with van der Waals surface area (Å²) < 4.78 is 22.0. The molecule has 2 rings (SSSR count). The zero-order chi connectivity index (χ0) is 15.8. The molecule has 0 aromatic heterocycles. The molecule has 2 saturated heterocycles. The molecule has 0 aliphatic carbocycles. The van der Waals surface area contributed by atoms with Crippen molar-refractivity contribution in [3.63, 3.8) is 0 Å². The van der Waals surface area contributed by atoms with E-state index in [1.165, 1.54) is 0 Å². The molecule has 0 bridgehead atoms. The lowest BCUT2D eigenvalue weighted by Crippen LogP contribution is -2.46. The predicted octanol–water partition coefficient (Wildman–Crippen LogP) is 1.15. The number of fused-ring (bicyclic) bond motifs is 1. The molecule has 116 valence electrons. The third-order valence-electron chi connectivity index (χ3n) is 3.73. The first-order valence-corrected chi connectivity index (χ1v) is 6.74. The number of hydrogen-bond donors (Lipinski definition) is 0. The first kappa shape index (κ1) is 15.7. The third kappa shape index (κ3) is 2.87. The number of ether oxygens (including phenoxy) is 4. The summed E-state index contributed by atoms with van der Waals surface area (Å²) in [6.45, 7) is 12.4. The molecule has 0 spiro atoms. The van der Waals surface area contributed by atoms with E-state index in [4.69, 9.17) is 18.9 Å². The van der Waals surface area contributed by atoms with Crippen LogP contribution in [0.15, 0.2) is 24.3 Å². The summed E-state index contributed by atoms with van der Waals surface area (Å²) in [5.41, 5.74) is -0.206. The van der Waals surface area contributed by atoms with Gasteiger partial charge in [-0.3, -0.25) is 0 Å². The van der Waals surface area contributed by atoms with E-state index in [1.807, 2.05) is 0 Å². The average Bonchev–Trinajstić information content (AvgIpc) is 2.87. The Labute approximate surface area is 123 Å². The van der Waals surface area contributed by atoms with Gasteiger partial charge in [0.2, 0.25) is 0 Å². The highest BCUT2D eigenvalue weighted by atomic mass is 16.7. The highest BCUT2D eigenvalue weighted by Crippen LogP contribution is 2.40. The van der Waals surface area contributed by atoms with Gasteiger partial charge in [0.15, 0.2) is 12.2 Å². The fraction of sp³-hybridized carbons (Fsp3) is 0.600. The van der Waals surface area contributed by atoms with E-state index in [-0.39, 0.29) is 13.2 Å². The van der Waals surface area contributed by atoms with Crippen molar-refractivity contribution in [3.8, 4) is 0 Å². The molecule has 2 fully saturated rings. The summed E-state index contributed by atoms with van der Waals surface area (Å²) in [5, 5.41) is 0. The third-order valence-corrected chi connectivity index (χ3v) is 3.73. The van der Waals surface area contributed by atoms with E-state index in [0.29, 0.717) is 11.1 Å². The number of rotatable bonds is 4. The Kier molecular flexibility index (Phi) is 4.20. The fourth-order valence-corrected chi connectivity index (χ4v) is 2.42. The number of hydrogen-bond acceptors (Lipinski definition) is 6. The van der Waals surface area contributed by atoms with Crippen LogP contribution < -0.4 is 0 Å². The topological polar surface area (TPSA) is 71.1 Å². The predicted molar refractivity (Wildman–Crippen MR) is 73.5 cm³/mol. The van der Waals surface area contributed by atoms with E-state index in [9.17, 15) is 9.59 Å². The van der Waals surface area contributed by atoms with Crippen LogP contribution in [0.5, 0.6) is 0 Å². The van der Waals surface area contributed by atoms with Crippen LogP contribution in [-0.4, -0.2) is 49.1 Å². The van der Waals surface area contributed by atoms with Crippen LogP contribution in [0.2, 0.25) is 0 Å². The lowest BCUT2D eigenvalue weighted by atomic mass is 9.94. The summed E-state index contributed by atoms with van der Waals surface area (Å²) in [4.78, 5) is 23.3. The molecular weight excluding hydrogens is 276 g/mol. The Hall–Kier alpha value is -1.66. The zero-order valence-corrected chi connectivity index (χ0v) is 12.5. The van der Waals surface area contributed by atoms with Gasteiger partial charge in [0.25, 0.3) is 0 Å². The Balaban J connectivity index is 2.05. The zero-order valence-electron chi connectivity index (χ0n) is 12.5. The summed E-state index contributed by atoms with van der Waals surface area (Å²) in [5.74, 6) is -0.977. The van der Waals surface area contributed by atoms with Crippen molar-refractivity contribution < 1.29 is 28.5 Å². The van der Waals surface area contributed by atoms with Crippen LogP contribution in [-0.2, 0) is 28.5 Å². The van der Waals surface area contributed by atoms with Gasteiger partial charge in [0, 0.05) is 11.1 Å². The van der Waals surface area contributed by atoms with Crippen molar-refractivity contribution in [2.24, 2.45) is 0 Å². The Bertz CT molecular complexity index is 496. The minimum atomic E-state index is -0.828. The fourth-order valence-electron chi connectivity index (χ4n) is 2.42. The Morgan fingerprint density at radius 1 is 1.10 bits per heavy atom. The van der Waals surface area contributed by atoms with Crippen molar-refractivity contribution in [2.45, 2.75) is 44.7 Å². The molecule has 0 aromatic rings. The molecule has 21 heavy (non-hydrogen) atoms. The van der Waals surface area contributed by atoms with Crippen LogP contribution in [0.4, 0.5) is 0 Å². The number of carbonyl (C=O) groups excluding carboxylic acids is 2.